The van der Waals surface area contributed by atoms with Gasteiger partial charge in [-0.3, -0.25) is 0 Å². The summed E-state index contributed by atoms with van der Waals surface area (Å²) in [6.45, 7) is 6.28. The largest absolute Gasteiger partial charge is 0.241 e. The molecule has 0 saturated heterocycles. The highest BCUT2D eigenvalue weighted by molar-refractivity contribution is 9.10. The summed E-state index contributed by atoms with van der Waals surface area (Å²) in [6, 6.07) is 1.83. The standard InChI is InChI=1S/C8H11BrN2/c1-8(2,3)7-10-5-4-6(9)11-7/h4-5H,1-3H3. The van der Waals surface area contributed by atoms with Crippen molar-refractivity contribution >= 4 is 15.9 Å². The van der Waals surface area contributed by atoms with Gasteiger partial charge in [0.05, 0.1) is 0 Å². The molecule has 1 aromatic heterocycles. The van der Waals surface area contributed by atoms with E-state index in [0.717, 1.165) is 10.4 Å². The summed E-state index contributed by atoms with van der Waals surface area (Å²) < 4.78 is 0.845. The lowest BCUT2D eigenvalue weighted by atomic mass is 9.96. The van der Waals surface area contributed by atoms with Gasteiger partial charge in [0, 0.05) is 11.6 Å². The van der Waals surface area contributed by atoms with Gasteiger partial charge in [0.2, 0.25) is 0 Å². The second kappa shape index (κ2) is 2.89. The lowest BCUT2D eigenvalue weighted by Gasteiger charge is -2.15. The minimum absolute atomic E-state index is 0.0315. The fourth-order valence-corrected chi connectivity index (χ4v) is 0.984. The molecule has 1 aromatic rings. The zero-order valence-corrected chi connectivity index (χ0v) is 8.51. The van der Waals surface area contributed by atoms with Crippen LogP contribution in [0.3, 0.4) is 0 Å². The Bertz CT molecular complexity index is 253. The zero-order chi connectivity index (χ0) is 8.48. The number of aromatic nitrogens is 2. The first-order valence-electron chi connectivity index (χ1n) is 3.49. The summed E-state index contributed by atoms with van der Waals surface area (Å²) in [5, 5.41) is 0. The maximum Gasteiger partial charge on any atom is 0.134 e. The predicted octanol–water partition coefficient (Wildman–Crippen LogP) is 2.54. The van der Waals surface area contributed by atoms with Crippen LogP contribution in [0.4, 0.5) is 0 Å². The fourth-order valence-electron chi connectivity index (χ4n) is 0.698. The van der Waals surface area contributed by atoms with Crippen molar-refractivity contribution in [3.8, 4) is 0 Å². The van der Waals surface area contributed by atoms with E-state index >= 15 is 0 Å². The van der Waals surface area contributed by atoms with Crippen molar-refractivity contribution in [3.63, 3.8) is 0 Å². The third kappa shape index (κ3) is 2.26. The monoisotopic (exact) mass is 214 g/mol. The van der Waals surface area contributed by atoms with E-state index in [1.54, 1.807) is 6.20 Å². The van der Waals surface area contributed by atoms with Crippen LogP contribution in [0.25, 0.3) is 0 Å². The molecule has 2 nitrogen and oxygen atoms in total. The molecule has 60 valence electrons. The van der Waals surface area contributed by atoms with Crippen molar-refractivity contribution in [2.45, 2.75) is 26.2 Å². The molecule has 0 radical (unpaired) electrons. The van der Waals surface area contributed by atoms with Gasteiger partial charge in [-0.1, -0.05) is 20.8 Å². The van der Waals surface area contributed by atoms with Gasteiger partial charge in [-0.15, -0.1) is 0 Å². The molecule has 0 spiro atoms. The van der Waals surface area contributed by atoms with Crippen LogP contribution in [0.15, 0.2) is 16.9 Å². The molecule has 0 bridgehead atoms. The van der Waals surface area contributed by atoms with Crippen molar-refractivity contribution < 1.29 is 0 Å². The molecule has 1 heterocycles. The molecule has 1 rings (SSSR count). The second-order valence-corrected chi connectivity index (χ2v) is 4.27. The molecule has 0 aromatic carbocycles. The van der Waals surface area contributed by atoms with Gasteiger partial charge in [0.1, 0.15) is 10.4 Å². The van der Waals surface area contributed by atoms with Gasteiger partial charge in [0.25, 0.3) is 0 Å². The van der Waals surface area contributed by atoms with Gasteiger partial charge in [-0.2, -0.15) is 0 Å². The molecule has 3 heteroatoms. The van der Waals surface area contributed by atoms with Crippen LogP contribution in [0.5, 0.6) is 0 Å². The molecule has 0 atom stereocenters. The molecule has 0 aliphatic carbocycles. The molecular formula is C8H11BrN2. The third-order valence-electron chi connectivity index (χ3n) is 1.29. The van der Waals surface area contributed by atoms with Crippen LogP contribution >= 0.6 is 15.9 Å². The van der Waals surface area contributed by atoms with Crippen molar-refractivity contribution in [2.75, 3.05) is 0 Å². The van der Waals surface area contributed by atoms with Crippen molar-refractivity contribution in [1.82, 2.24) is 9.97 Å². The van der Waals surface area contributed by atoms with Crippen LogP contribution in [0.1, 0.15) is 26.6 Å². The smallest absolute Gasteiger partial charge is 0.134 e. The third-order valence-corrected chi connectivity index (χ3v) is 1.73. The molecular weight excluding hydrogens is 204 g/mol. The SMILES string of the molecule is CC(C)(C)c1nccc(Br)n1. The van der Waals surface area contributed by atoms with E-state index < -0.39 is 0 Å². The fraction of sp³-hybridized carbons (Fsp3) is 0.500. The Hall–Kier alpha value is -0.440. The highest BCUT2D eigenvalue weighted by atomic mass is 79.9. The number of halogens is 1. The van der Waals surface area contributed by atoms with Crippen molar-refractivity contribution in [1.29, 1.82) is 0 Å². The predicted molar refractivity (Wildman–Crippen MR) is 48.4 cm³/mol. The Morgan fingerprint density at radius 3 is 2.36 bits per heavy atom. The highest BCUT2D eigenvalue weighted by Gasteiger charge is 2.16. The molecule has 11 heavy (non-hydrogen) atoms. The number of hydrogen-bond donors (Lipinski definition) is 0. The summed E-state index contributed by atoms with van der Waals surface area (Å²) in [5.41, 5.74) is 0.0315. The first kappa shape index (κ1) is 8.65. The molecule has 0 aliphatic rings. The van der Waals surface area contributed by atoms with E-state index in [4.69, 9.17) is 0 Å². The van der Waals surface area contributed by atoms with Crippen LogP contribution in [-0.2, 0) is 5.41 Å². The molecule has 0 N–H and O–H groups in total. The summed E-state index contributed by atoms with van der Waals surface area (Å²) >= 11 is 3.30. The quantitative estimate of drug-likeness (QED) is 0.621. The van der Waals surface area contributed by atoms with E-state index in [-0.39, 0.29) is 5.41 Å². The van der Waals surface area contributed by atoms with Crippen LogP contribution < -0.4 is 0 Å². The van der Waals surface area contributed by atoms with Gasteiger partial charge < -0.3 is 0 Å². The first-order valence-corrected chi connectivity index (χ1v) is 4.28. The number of nitrogens with zero attached hydrogens (tertiary/aromatic N) is 2. The van der Waals surface area contributed by atoms with Gasteiger partial charge in [-0.25, -0.2) is 9.97 Å². The average molecular weight is 215 g/mol. The Balaban J connectivity index is 3.06. The average Bonchev–Trinajstić information content (AvgIpc) is 1.86. The Morgan fingerprint density at radius 1 is 1.36 bits per heavy atom. The molecule has 0 amide bonds. The number of hydrogen-bond acceptors (Lipinski definition) is 2. The Labute approximate surface area is 75.2 Å². The van der Waals surface area contributed by atoms with E-state index in [1.165, 1.54) is 0 Å². The summed E-state index contributed by atoms with van der Waals surface area (Å²) in [6.07, 6.45) is 1.76. The molecule has 0 aliphatic heterocycles. The molecule has 0 fully saturated rings. The maximum absolute atomic E-state index is 4.25. The summed E-state index contributed by atoms with van der Waals surface area (Å²) in [5.74, 6) is 0.867. The normalized spacial score (nSPS) is 11.6. The minimum Gasteiger partial charge on any atom is -0.241 e. The van der Waals surface area contributed by atoms with Crippen LogP contribution in [-0.4, -0.2) is 9.97 Å². The highest BCUT2D eigenvalue weighted by Crippen LogP contribution is 2.18. The van der Waals surface area contributed by atoms with Gasteiger partial charge in [-0.05, 0) is 22.0 Å². The lowest BCUT2D eigenvalue weighted by Crippen LogP contribution is -2.15. The van der Waals surface area contributed by atoms with Crippen LogP contribution in [0, 0.1) is 0 Å². The Kier molecular flexibility index (Phi) is 2.28. The van der Waals surface area contributed by atoms with E-state index in [9.17, 15) is 0 Å². The lowest BCUT2D eigenvalue weighted by molar-refractivity contribution is 0.543. The summed E-state index contributed by atoms with van der Waals surface area (Å²) in [7, 11) is 0. The Morgan fingerprint density at radius 2 is 2.00 bits per heavy atom. The van der Waals surface area contributed by atoms with Crippen molar-refractivity contribution in [3.05, 3.63) is 22.7 Å². The maximum atomic E-state index is 4.25. The topological polar surface area (TPSA) is 25.8 Å². The molecule has 0 saturated carbocycles. The minimum atomic E-state index is 0.0315. The zero-order valence-electron chi connectivity index (χ0n) is 6.93. The van der Waals surface area contributed by atoms with E-state index in [1.807, 2.05) is 6.07 Å². The van der Waals surface area contributed by atoms with Crippen molar-refractivity contribution in [2.24, 2.45) is 0 Å². The van der Waals surface area contributed by atoms with Gasteiger partial charge >= 0.3 is 0 Å². The molecule has 0 unspecified atom stereocenters. The summed E-state index contributed by atoms with van der Waals surface area (Å²) in [4.78, 5) is 8.42. The van der Waals surface area contributed by atoms with Gasteiger partial charge in [0.15, 0.2) is 0 Å². The van der Waals surface area contributed by atoms with E-state index in [2.05, 4.69) is 46.7 Å². The number of rotatable bonds is 0. The first-order chi connectivity index (χ1) is 5.00. The van der Waals surface area contributed by atoms with Crippen LogP contribution in [0.2, 0.25) is 0 Å². The second-order valence-electron chi connectivity index (χ2n) is 3.45. The van der Waals surface area contributed by atoms with E-state index in [0.29, 0.717) is 0 Å².